The molecule has 0 aliphatic carbocycles. The number of carbonyl (C=O) groups excluding carboxylic acids is 1. The summed E-state index contributed by atoms with van der Waals surface area (Å²) in [5.41, 5.74) is 1.79. The van der Waals surface area contributed by atoms with E-state index < -0.39 is 6.61 Å². The van der Waals surface area contributed by atoms with Crippen LogP contribution in [0.5, 0.6) is 11.5 Å². The molecule has 1 unspecified atom stereocenters. The molecule has 2 aromatic carbocycles. The third-order valence-electron chi connectivity index (χ3n) is 5.36. The first-order chi connectivity index (χ1) is 15.0. The second kappa shape index (κ2) is 10.7. The van der Waals surface area contributed by atoms with E-state index in [9.17, 15) is 18.8 Å². The van der Waals surface area contributed by atoms with Gasteiger partial charge in [-0.05, 0) is 41.8 Å². The standard InChI is InChI=1S/C23H25F2N3O3/c1-30-19-9-5-18(6-10-19)21(16-26)27-12-14-28(15-13-27)22(29)11-4-17-2-7-20(8-3-17)31-23(24)25/h2-3,5-10,21,23H,4,11-15H2,1H3. The molecule has 0 radical (unpaired) electrons. The normalized spacial score (nSPS) is 15.4. The van der Waals surface area contributed by atoms with Gasteiger partial charge in [-0.15, -0.1) is 0 Å². The van der Waals surface area contributed by atoms with E-state index in [1.54, 1.807) is 19.2 Å². The van der Waals surface area contributed by atoms with Crippen LogP contribution < -0.4 is 9.47 Å². The zero-order valence-corrected chi connectivity index (χ0v) is 17.3. The van der Waals surface area contributed by atoms with E-state index in [2.05, 4.69) is 15.7 Å². The molecule has 0 aromatic heterocycles. The van der Waals surface area contributed by atoms with Crippen LogP contribution in [0.3, 0.4) is 0 Å². The Morgan fingerprint density at radius 2 is 1.65 bits per heavy atom. The van der Waals surface area contributed by atoms with Gasteiger partial charge in [-0.2, -0.15) is 14.0 Å². The first-order valence-corrected chi connectivity index (χ1v) is 10.1. The summed E-state index contributed by atoms with van der Waals surface area (Å²) in [6.07, 6.45) is 0.871. The van der Waals surface area contributed by atoms with Gasteiger partial charge in [-0.25, -0.2) is 0 Å². The number of rotatable bonds is 8. The Morgan fingerprint density at radius 1 is 1.03 bits per heavy atom. The SMILES string of the molecule is COc1ccc(C(C#N)N2CCN(C(=O)CCc3ccc(OC(F)F)cc3)CC2)cc1. The van der Waals surface area contributed by atoms with Crippen molar-refractivity contribution in [3.63, 3.8) is 0 Å². The van der Waals surface area contributed by atoms with Crippen LogP contribution in [-0.2, 0) is 11.2 Å². The summed E-state index contributed by atoms with van der Waals surface area (Å²) in [6.45, 7) is -0.481. The third kappa shape index (κ3) is 6.15. The first-order valence-electron chi connectivity index (χ1n) is 10.1. The number of nitrogens with zero attached hydrogens (tertiary/aromatic N) is 3. The minimum Gasteiger partial charge on any atom is -0.497 e. The van der Waals surface area contributed by atoms with Gasteiger partial charge in [-0.1, -0.05) is 24.3 Å². The van der Waals surface area contributed by atoms with Crippen molar-refractivity contribution in [2.45, 2.75) is 25.5 Å². The predicted octanol–water partition coefficient (Wildman–Crippen LogP) is 3.64. The van der Waals surface area contributed by atoms with Gasteiger partial charge in [0.05, 0.1) is 13.2 Å². The van der Waals surface area contributed by atoms with Crippen molar-refractivity contribution < 1.29 is 23.0 Å². The number of ether oxygens (including phenoxy) is 2. The topological polar surface area (TPSA) is 65.8 Å². The number of halogens is 2. The average Bonchev–Trinajstić information content (AvgIpc) is 2.79. The molecule has 164 valence electrons. The number of hydrogen-bond donors (Lipinski definition) is 0. The summed E-state index contributed by atoms with van der Waals surface area (Å²) in [4.78, 5) is 16.5. The van der Waals surface area contributed by atoms with Crippen LogP contribution in [0.25, 0.3) is 0 Å². The van der Waals surface area contributed by atoms with Crippen molar-refractivity contribution in [1.29, 1.82) is 5.26 Å². The van der Waals surface area contributed by atoms with E-state index in [4.69, 9.17) is 4.74 Å². The Bertz CT molecular complexity index is 890. The third-order valence-corrected chi connectivity index (χ3v) is 5.36. The van der Waals surface area contributed by atoms with Crippen LogP contribution in [0.2, 0.25) is 0 Å². The predicted molar refractivity (Wildman–Crippen MR) is 111 cm³/mol. The molecule has 1 aliphatic rings. The van der Waals surface area contributed by atoms with Crippen molar-refractivity contribution in [3.8, 4) is 17.6 Å². The van der Waals surface area contributed by atoms with Gasteiger partial charge in [0, 0.05) is 32.6 Å². The minimum atomic E-state index is -2.85. The van der Waals surface area contributed by atoms with E-state index in [1.807, 2.05) is 29.2 Å². The van der Waals surface area contributed by atoms with Crippen LogP contribution in [0.1, 0.15) is 23.6 Å². The van der Waals surface area contributed by atoms with Gasteiger partial charge in [0.25, 0.3) is 0 Å². The number of alkyl halides is 2. The Balaban J connectivity index is 1.48. The Labute approximate surface area is 180 Å². The highest BCUT2D eigenvalue weighted by Gasteiger charge is 2.27. The maximum absolute atomic E-state index is 12.6. The van der Waals surface area contributed by atoms with Crippen molar-refractivity contribution in [2.75, 3.05) is 33.3 Å². The second-order valence-corrected chi connectivity index (χ2v) is 7.24. The lowest BCUT2D eigenvalue weighted by Crippen LogP contribution is -2.49. The molecule has 6 nitrogen and oxygen atoms in total. The fourth-order valence-corrected chi connectivity index (χ4v) is 3.63. The number of methoxy groups -OCH3 is 1. The van der Waals surface area contributed by atoms with Crippen LogP contribution >= 0.6 is 0 Å². The highest BCUT2D eigenvalue weighted by molar-refractivity contribution is 5.76. The van der Waals surface area contributed by atoms with Crippen molar-refractivity contribution >= 4 is 5.91 Å². The monoisotopic (exact) mass is 429 g/mol. The molecule has 0 saturated carbocycles. The number of piperazine rings is 1. The smallest absolute Gasteiger partial charge is 0.387 e. The zero-order valence-electron chi connectivity index (χ0n) is 17.3. The summed E-state index contributed by atoms with van der Waals surface area (Å²) in [6, 6.07) is 15.8. The highest BCUT2D eigenvalue weighted by Crippen LogP contribution is 2.24. The molecule has 31 heavy (non-hydrogen) atoms. The molecule has 3 rings (SSSR count). The molecule has 1 aliphatic heterocycles. The van der Waals surface area contributed by atoms with Gasteiger partial charge < -0.3 is 14.4 Å². The lowest BCUT2D eigenvalue weighted by atomic mass is 10.0. The van der Waals surface area contributed by atoms with Gasteiger partial charge in [0.15, 0.2) is 0 Å². The van der Waals surface area contributed by atoms with Crippen LogP contribution in [-0.4, -0.2) is 55.6 Å². The fourth-order valence-electron chi connectivity index (χ4n) is 3.63. The minimum absolute atomic E-state index is 0.0468. The maximum Gasteiger partial charge on any atom is 0.387 e. The molecule has 1 saturated heterocycles. The maximum atomic E-state index is 12.6. The number of benzene rings is 2. The molecule has 1 amide bonds. The Hall–Kier alpha value is -3.18. The molecule has 2 aromatic rings. The molecular weight excluding hydrogens is 404 g/mol. The molecular formula is C23H25F2N3O3. The number of amides is 1. The summed E-state index contributed by atoms with van der Waals surface area (Å²) in [5, 5.41) is 9.66. The largest absolute Gasteiger partial charge is 0.497 e. The molecule has 0 N–H and O–H groups in total. The van der Waals surface area contributed by atoms with Gasteiger partial charge >= 0.3 is 6.61 Å². The second-order valence-electron chi connectivity index (χ2n) is 7.24. The summed E-state index contributed by atoms with van der Waals surface area (Å²) < 4.78 is 33.9. The number of hydrogen-bond acceptors (Lipinski definition) is 5. The molecule has 1 atom stereocenters. The summed E-state index contributed by atoms with van der Waals surface area (Å²) >= 11 is 0. The Morgan fingerprint density at radius 3 is 2.19 bits per heavy atom. The van der Waals surface area contributed by atoms with Gasteiger partial charge in [-0.3, -0.25) is 9.69 Å². The molecule has 8 heteroatoms. The average molecular weight is 429 g/mol. The lowest BCUT2D eigenvalue weighted by Gasteiger charge is -2.37. The highest BCUT2D eigenvalue weighted by atomic mass is 19.3. The quantitative estimate of drug-likeness (QED) is 0.641. The van der Waals surface area contributed by atoms with E-state index in [0.717, 1.165) is 16.9 Å². The van der Waals surface area contributed by atoms with Crippen molar-refractivity contribution in [1.82, 2.24) is 9.80 Å². The van der Waals surface area contributed by atoms with Crippen LogP contribution in [0.4, 0.5) is 8.78 Å². The van der Waals surface area contributed by atoms with Crippen molar-refractivity contribution in [3.05, 3.63) is 59.7 Å². The number of aryl methyl sites for hydroxylation is 1. The van der Waals surface area contributed by atoms with E-state index in [0.29, 0.717) is 39.0 Å². The summed E-state index contributed by atoms with van der Waals surface area (Å²) in [5.74, 6) is 0.891. The summed E-state index contributed by atoms with van der Waals surface area (Å²) in [7, 11) is 1.60. The lowest BCUT2D eigenvalue weighted by molar-refractivity contribution is -0.133. The molecule has 0 bridgehead atoms. The zero-order chi connectivity index (χ0) is 22.2. The van der Waals surface area contributed by atoms with E-state index >= 15 is 0 Å². The number of nitriles is 1. The van der Waals surface area contributed by atoms with E-state index in [1.165, 1.54) is 12.1 Å². The number of carbonyl (C=O) groups is 1. The van der Waals surface area contributed by atoms with E-state index in [-0.39, 0.29) is 17.7 Å². The van der Waals surface area contributed by atoms with Crippen LogP contribution in [0.15, 0.2) is 48.5 Å². The first kappa shape index (κ1) is 22.5. The van der Waals surface area contributed by atoms with Gasteiger partial charge in [0.2, 0.25) is 5.91 Å². The van der Waals surface area contributed by atoms with Gasteiger partial charge in [0.1, 0.15) is 17.5 Å². The molecule has 1 fully saturated rings. The molecule has 1 heterocycles. The molecule has 0 spiro atoms. The Kier molecular flexibility index (Phi) is 7.79. The van der Waals surface area contributed by atoms with Crippen LogP contribution in [0, 0.1) is 11.3 Å². The van der Waals surface area contributed by atoms with Crippen molar-refractivity contribution in [2.24, 2.45) is 0 Å². The fraction of sp³-hybridized carbons (Fsp3) is 0.391.